The number of hydrogen-bond donors (Lipinski definition) is 2. The highest BCUT2D eigenvalue weighted by Gasteiger charge is 2.26. The van der Waals surface area contributed by atoms with Crippen LogP contribution in [-0.2, 0) is 9.59 Å². The second kappa shape index (κ2) is 7.76. The van der Waals surface area contributed by atoms with E-state index in [2.05, 4.69) is 12.2 Å². The van der Waals surface area contributed by atoms with Gasteiger partial charge in [0.25, 0.3) is 0 Å². The summed E-state index contributed by atoms with van der Waals surface area (Å²) < 4.78 is 0. The Bertz CT molecular complexity index is 344. The predicted octanol–water partition coefficient (Wildman–Crippen LogP) is 1.60. The summed E-state index contributed by atoms with van der Waals surface area (Å²) in [7, 11) is 0. The fraction of sp³-hybridized carbons (Fsp3) is 0.769. The third kappa shape index (κ3) is 5.72. The van der Waals surface area contributed by atoms with E-state index in [0.29, 0.717) is 19.0 Å². The molecule has 0 saturated carbocycles. The van der Waals surface area contributed by atoms with Crippen LogP contribution in [0.15, 0.2) is 0 Å². The van der Waals surface area contributed by atoms with E-state index in [1.165, 1.54) is 0 Å². The summed E-state index contributed by atoms with van der Waals surface area (Å²) in [6, 6.07) is -0.348. The van der Waals surface area contributed by atoms with Gasteiger partial charge in [-0.25, -0.2) is 4.79 Å². The molecule has 1 heterocycles. The number of carboxylic acid groups (broad SMARTS) is 1. The number of amides is 3. The summed E-state index contributed by atoms with van der Waals surface area (Å²) in [6.07, 6.45) is 3.49. The van der Waals surface area contributed by atoms with E-state index in [1.807, 2.05) is 0 Å². The molecule has 1 atom stereocenters. The molecule has 0 aromatic carbocycles. The Kier molecular flexibility index (Phi) is 6.32. The van der Waals surface area contributed by atoms with Crippen molar-refractivity contribution in [3.63, 3.8) is 0 Å². The monoisotopic (exact) mass is 270 g/mol. The highest BCUT2D eigenvalue weighted by Crippen LogP contribution is 2.20. The highest BCUT2D eigenvalue weighted by atomic mass is 16.4. The van der Waals surface area contributed by atoms with Crippen LogP contribution >= 0.6 is 0 Å². The van der Waals surface area contributed by atoms with Gasteiger partial charge in [0.2, 0.25) is 5.91 Å². The second-order valence-electron chi connectivity index (χ2n) is 4.99. The van der Waals surface area contributed by atoms with Crippen LogP contribution in [0.25, 0.3) is 0 Å². The van der Waals surface area contributed by atoms with E-state index < -0.39 is 11.9 Å². The topological polar surface area (TPSA) is 86.7 Å². The first-order valence-electron chi connectivity index (χ1n) is 6.83. The van der Waals surface area contributed by atoms with Gasteiger partial charge in [-0.05, 0) is 25.2 Å². The first-order chi connectivity index (χ1) is 9.02. The minimum Gasteiger partial charge on any atom is -0.481 e. The fourth-order valence-electron chi connectivity index (χ4n) is 2.32. The summed E-state index contributed by atoms with van der Waals surface area (Å²) in [5, 5.41) is 10.8. The predicted molar refractivity (Wildman–Crippen MR) is 69.6 cm³/mol. The van der Waals surface area contributed by atoms with E-state index in [9.17, 15) is 14.4 Å². The Morgan fingerprint density at radius 3 is 2.68 bits per heavy atom. The molecule has 0 spiro atoms. The van der Waals surface area contributed by atoms with Crippen LogP contribution in [0.3, 0.4) is 0 Å². The molecule has 1 aliphatic heterocycles. The van der Waals surface area contributed by atoms with Crippen LogP contribution in [0.1, 0.15) is 45.4 Å². The van der Waals surface area contributed by atoms with Crippen LogP contribution in [0.2, 0.25) is 0 Å². The molecule has 1 rings (SSSR count). The zero-order valence-corrected chi connectivity index (χ0v) is 11.4. The number of carbonyl (C=O) groups excluding carboxylic acids is 2. The van der Waals surface area contributed by atoms with Crippen LogP contribution in [-0.4, -0.2) is 41.0 Å². The van der Waals surface area contributed by atoms with Crippen molar-refractivity contribution in [2.24, 2.45) is 5.92 Å². The molecule has 0 aromatic heterocycles. The van der Waals surface area contributed by atoms with E-state index in [0.717, 1.165) is 19.3 Å². The number of imide groups is 1. The molecule has 1 fully saturated rings. The minimum atomic E-state index is -0.930. The van der Waals surface area contributed by atoms with Crippen molar-refractivity contribution in [2.45, 2.75) is 45.4 Å². The van der Waals surface area contributed by atoms with Crippen LogP contribution < -0.4 is 5.32 Å². The zero-order chi connectivity index (χ0) is 14.3. The van der Waals surface area contributed by atoms with E-state index in [4.69, 9.17) is 5.11 Å². The lowest BCUT2D eigenvalue weighted by atomic mass is 10.0. The quantitative estimate of drug-likeness (QED) is 0.767. The first-order valence-corrected chi connectivity index (χ1v) is 6.83. The number of hydrogen-bond acceptors (Lipinski definition) is 3. The summed E-state index contributed by atoms with van der Waals surface area (Å²) in [6.45, 7) is 3.52. The maximum Gasteiger partial charge on any atom is 0.324 e. The molecule has 0 radical (unpaired) electrons. The number of likely N-dealkylation sites (tertiary alicyclic amines) is 1. The lowest BCUT2D eigenvalue weighted by Crippen LogP contribution is -2.41. The lowest BCUT2D eigenvalue weighted by molar-refractivity contribution is -0.137. The number of carboxylic acids is 1. The minimum absolute atomic E-state index is 0.0517. The van der Waals surface area contributed by atoms with Gasteiger partial charge in [-0.15, -0.1) is 0 Å². The van der Waals surface area contributed by atoms with Gasteiger partial charge in [-0.3, -0.25) is 14.9 Å². The molecule has 108 valence electrons. The van der Waals surface area contributed by atoms with Gasteiger partial charge in [0.05, 0.1) is 0 Å². The Hall–Kier alpha value is -1.59. The molecular formula is C13H22N2O4. The molecule has 1 saturated heterocycles. The van der Waals surface area contributed by atoms with Gasteiger partial charge in [-0.2, -0.15) is 0 Å². The molecule has 0 aliphatic carbocycles. The summed E-state index contributed by atoms with van der Waals surface area (Å²) in [5.74, 6) is -0.788. The van der Waals surface area contributed by atoms with Crippen LogP contribution in [0.5, 0.6) is 0 Å². The highest BCUT2D eigenvalue weighted by molar-refractivity contribution is 5.94. The zero-order valence-electron chi connectivity index (χ0n) is 11.4. The number of nitrogens with one attached hydrogen (secondary N) is 1. The molecule has 19 heavy (non-hydrogen) atoms. The van der Waals surface area contributed by atoms with Gasteiger partial charge >= 0.3 is 12.0 Å². The van der Waals surface area contributed by atoms with Crippen molar-refractivity contribution in [1.29, 1.82) is 0 Å². The lowest BCUT2D eigenvalue weighted by Gasteiger charge is -2.16. The maximum atomic E-state index is 11.8. The molecule has 0 aromatic rings. The van der Waals surface area contributed by atoms with Crippen LogP contribution in [0.4, 0.5) is 4.79 Å². The second-order valence-corrected chi connectivity index (χ2v) is 4.99. The van der Waals surface area contributed by atoms with Gasteiger partial charge in [0.15, 0.2) is 0 Å². The largest absolute Gasteiger partial charge is 0.481 e. The van der Waals surface area contributed by atoms with Crippen molar-refractivity contribution < 1.29 is 19.5 Å². The molecular weight excluding hydrogens is 248 g/mol. The number of urea groups is 1. The standard InChI is InChI=1S/C13H22N2O4/c1-2-4-10-7-8-15(9-10)13(19)14-11(16)5-3-6-12(17)18/h10H,2-9H2,1H3,(H,17,18)(H,14,16,19). The molecule has 6 heteroatoms. The number of nitrogens with zero attached hydrogens (tertiary/aromatic N) is 1. The Morgan fingerprint density at radius 1 is 1.32 bits per heavy atom. The Morgan fingerprint density at radius 2 is 2.05 bits per heavy atom. The molecule has 0 bridgehead atoms. The molecule has 6 nitrogen and oxygen atoms in total. The van der Waals surface area contributed by atoms with Crippen molar-refractivity contribution in [3.05, 3.63) is 0 Å². The summed E-state index contributed by atoms with van der Waals surface area (Å²) in [4.78, 5) is 35.2. The Labute approximate surface area is 113 Å². The van der Waals surface area contributed by atoms with Crippen molar-refractivity contribution in [1.82, 2.24) is 10.2 Å². The molecule has 1 aliphatic rings. The molecule has 2 N–H and O–H groups in total. The average Bonchev–Trinajstić information content (AvgIpc) is 2.77. The van der Waals surface area contributed by atoms with Crippen LogP contribution in [0, 0.1) is 5.92 Å². The van der Waals surface area contributed by atoms with E-state index in [-0.39, 0.29) is 25.3 Å². The third-order valence-corrected chi connectivity index (χ3v) is 3.31. The van der Waals surface area contributed by atoms with Crippen molar-refractivity contribution >= 4 is 17.9 Å². The number of carbonyl (C=O) groups is 3. The third-order valence-electron chi connectivity index (χ3n) is 3.31. The number of rotatable bonds is 6. The van der Waals surface area contributed by atoms with Gasteiger partial charge < -0.3 is 10.0 Å². The maximum absolute atomic E-state index is 11.8. The van der Waals surface area contributed by atoms with Gasteiger partial charge in [0.1, 0.15) is 0 Å². The Balaban J connectivity index is 2.23. The SMILES string of the molecule is CCCC1CCN(C(=O)NC(=O)CCCC(=O)O)C1. The normalized spacial score (nSPS) is 18.4. The van der Waals surface area contributed by atoms with E-state index >= 15 is 0 Å². The van der Waals surface area contributed by atoms with E-state index in [1.54, 1.807) is 4.90 Å². The number of aliphatic carboxylic acids is 1. The molecule has 3 amide bonds. The van der Waals surface area contributed by atoms with Gasteiger partial charge in [-0.1, -0.05) is 13.3 Å². The smallest absolute Gasteiger partial charge is 0.324 e. The van der Waals surface area contributed by atoms with Crippen molar-refractivity contribution in [2.75, 3.05) is 13.1 Å². The van der Waals surface area contributed by atoms with Crippen molar-refractivity contribution in [3.8, 4) is 0 Å². The summed E-state index contributed by atoms with van der Waals surface area (Å²) in [5.41, 5.74) is 0. The average molecular weight is 270 g/mol. The fourth-order valence-corrected chi connectivity index (χ4v) is 2.32. The molecule has 1 unspecified atom stereocenters. The summed E-state index contributed by atoms with van der Waals surface area (Å²) >= 11 is 0. The first kappa shape index (κ1) is 15.5. The van der Waals surface area contributed by atoms with Gasteiger partial charge in [0, 0.05) is 25.9 Å².